The van der Waals surface area contributed by atoms with Crippen LogP contribution in [0.3, 0.4) is 0 Å². The third-order valence-electron chi connectivity index (χ3n) is 4.61. The van der Waals surface area contributed by atoms with Crippen LogP contribution in [0.2, 0.25) is 0 Å². The van der Waals surface area contributed by atoms with Gasteiger partial charge in [0.25, 0.3) is 11.8 Å². The summed E-state index contributed by atoms with van der Waals surface area (Å²) in [6.07, 6.45) is 8.17. The van der Waals surface area contributed by atoms with Crippen molar-refractivity contribution in [3.63, 3.8) is 0 Å². The maximum atomic E-state index is 13.0. The molecule has 0 spiro atoms. The van der Waals surface area contributed by atoms with E-state index in [1.54, 1.807) is 18.2 Å². The summed E-state index contributed by atoms with van der Waals surface area (Å²) in [6.45, 7) is -0.0734. The Morgan fingerprint density at radius 2 is 1.93 bits per heavy atom. The fourth-order valence-corrected chi connectivity index (χ4v) is 3.21. The van der Waals surface area contributed by atoms with E-state index >= 15 is 0 Å². The van der Waals surface area contributed by atoms with Gasteiger partial charge < -0.3 is 9.15 Å². The predicted molar refractivity (Wildman–Crippen MR) is 109 cm³/mol. The summed E-state index contributed by atoms with van der Waals surface area (Å²) in [5.41, 5.74) is 0.331. The van der Waals surface area contributed by atoms with Crippen LogP contribution >= 0.6 is 0 Å². The number of carbonyl (C=O) groups is 3. The number of hydrogen-bond acceptors (Lipinski definition) is 5. The first-order valence-corrected chi connectivity index (χ1v) is 9.07. The van der Waals surface area contributed by atoms with E-state index in [1.165, 1.54) is 12.3 Å². The van der Waals surface area contributed by atoms with Crippen LogP contribution in [0, 0.1) is 12.3 Å². The van der Waals surface area contributed by atoms with Crippen LogP contribution in [0.4, 0.5) is 4.79 Å². The molecule has 1 N–H and O–H groups in total. The molecule has 2 aromatic carbocycles. The van der Waals surface area contributed by atoms with Crippen LogP contribution < -0.4 is 10.1 Å². The number of benzene rings is 2. The first-order valence-electron chi connectivity index (χ1n) is 9.07. The number of barbiturate groups is 1. The minimum absolute atomic E-state index is 0.0256. The van der Waals surface area contributed by atoms with E-state index < -0.39 is 17.8 Å². The van der Waals surface area contributed by atoms with Crippen molar-refractivity contribution in [2.75, 3.05) is 6.61 Å². The lowest BCUT2D eigenvalue weighted by Crippen LogP contribution is -2.53. The summed E-state index contributed by atoms with van der Waals surface area (Å²) in [6, 6.07) is 13.5. The van der Waals surface area contributed by atoms with Crippen molar-refractivity contribution in [3.8, 4) is 18.1 Å². The van der Waals surface area contributed by atoms with Crippen molar-refractivity contribution in [3.05, 3.63) is 71.7 Å². The number of terminal acetylenes is 1. The van der Waals surface area contributed by atoms with Gasteiger partial charge in [0.2, 0.25) is 0 Å². The molecular weight excluding hydrogens is 384 g/mol. The Labute approximate surface area is 171 Å². The fraction of sp³-hybridized carbons (Fsp3) is 0.0870. The molecule has 7 nitrogen and oxygen atoms in total. The summed E-state index contributed by atoms with van der Waals surface area (Å²) in [4.78, 5) is 38.6. The Kier molecular flexibility index (Phi) is 5.06. The predicted octanol–water partition coefficient (Wildman–Crippen LogP) is 3.11. The zero-order valence-corrected chi connectivity index (χ0v) is 15.8. The van der Waals surface area contributed by atoms with E-state index in [-0.39, 0.29) is 18.7 Å². The number of imide groups is 2. The van der Waals surface area contributed by atoms with Crippen molar-refractivity contribution < 1.29 is 23.5 Å². The number of furan rings is 1. The third kappa shape index (κ3) is 3.54. The number of carbonyl (C=O) groups excluding carboxylic acids is 3. The van der Waals surface area contributed by atoms with Gasteiger partial charge in [0.1, 0.15) is 23.7 Å². The molecule has 1 saturated heterocycles. The number of ether oxygens (including phenoxy) is 1. The van der Waals surface area contributed by atoms with E-state index in [0.29, 0.717) is 17.1 Å². The van der Waals surface area contributed by atoms with Gasteiger partial charge in [0.05, 0.1) is 12.8 Å². The molecule has 0 atom stereocenters. The van der Waals surface area contributed by atoms with Crippen molar-refractivity contribution >= 4 is 34.7 Å². The van der Waals surface area contributed by atoms with Crippen LogP contribution in [0.25, 0.3) is 16.8 Å². The number of nitrogens with one attached hydrogen (secondary N) is 1. The van der Waals surface area contributed by atoms with Crippen molar-refractivity contribution in [1.29, 1.82) is 0 Å². The molecule has 1 aliphatic heterocycles. The van der Waals surface area contributed by atoms with Crippen LogP contribution in [0.5, 0.6) is 5.75 Å². The molecule has 1 aromatic heterocycles. The minimum Gasteiger partial charge on any atom is -0.480 e. The SMILES string of the molecule is C#CCOc1ccc2ccccc2c1/C=C1\C(=O)NC(=O)N(Cc2ccco2)C1=O. The van der Waals surface area contributed by atoms with Gasteiger partial charge in [-0.25, -0.2) is 4.79 Å². The van der Waals surface area contributed by atoms with Gasteiger partial charge in [-0.1, -0.05) is 36.3 Å². The Morgan fingerprint density at radius 1 is 1.10 bits per heavy atom. The lowest BCUT2D eigenvalue weighted by Gasteiger charge is -2.25. The Balaban J connectivity index is 1.80. The maximum absolute atomic E-state index is 13.0. The van der Waals surface area contributed by atoms with E-state index in [0.717, 1.165) is 15.7 Å². The molecule has 2 heterocycles. The van der Waals surface area contributed by atoms with Gasteiger partial charge in [-0.15, -0.1) is 6.42 Å². The molecule has 3 aromatic rings. The lowest BCUT2D eigenvalue weighted by molar-refractivity contribution is -0.130. The second-order valence-electron chi connectivity index (χ2n) is 6.48. The fourth-order valence-electron chi connectivity index (χ4n) is 3.21. The zero-order chi connectivity index (χ0) is 21.1. The second kappa shape index (κ2) is 7.97. The van der Waals surface area contributed by atoms with Crippen LogP contribution in [-0.2, 0) is 16.1 Å². The van der Waals surface area contributed by atoms with Gasteiger partial charge in [-0.2, -0.15) is 0 Å². The molecule has 0 aliphatic carbocycles. The smallest absolute Gasteiger partial charge is 0.331 e. The number of amides is 4. The normalized spacial score (nSPS) is 15.4. The number of urea groups is 1. The van der Waals surface area contributed by atoms with E-state index in [9.17, 15) is 14.4 Å². The summed E-state index contributed by atoms with van der Waals surface area (Å²) in [5, 5.41) is 3.86. The highest BCUT2D eigenvalue weighted by Crippen LogP contribution is 2.31. The molecule has 4 amide bonds. The van der Waals surface area contributed by atoms with E-state index in [2.05, 4.69) is 11.2 Å². The molecule has 1 fully saturated rings. The largest absolute Gasteiger partial charge is 0.480 e. The molecular formula is C23H16N2O5. The van der Waals surface area contributed by atoms with Gasteiger partial charge in [-0.3, -0.25) is 19.8 Å². The van der Waals surface area contributed by atoms with Crippen molar-refractivity contribution in [2.45, 2.75) is 6.54 Å². The molecule has 148 valence electrons. The molecule has 0 saturated carbocycles. The molecule has 0 unspecified atom stereocenters. The van der Waals surface area contributed by atoms with Gasteiger partial charge in [-0.05, 0) is 35.0 Å². The summed E-state index contributed by atoms with van der Waals surface area (Å²) in [7, 11) is 0. The molecule has 0 radical (unpaired) electrons. The lowest BCUT2D eigenvalue weighted by atomic mass is 10.00. The van der Waals surface area contributed by atoms with Crippen LogP contribution in [0.1, 0.15) is 11.3 Å². The van der Waals surface area contributed by atoms with E-state index in [4.69, 9.17) is 15.6 Å². The highest BCUT2D eigenvalue weighted by atomic mass is 16.5. The molecule has 1 aliphatic rings. The van der Waals surface area contributed by atoms with E-state index in [1.807, 2.05) is 30.3 Å². The van der Waals surface area contributed by atoms with Crippen LogP contribution in [-0.4, -0.2) is 29.4 Å². The zero-order valence-electron chi connectivity index (χ0n) is 15.8. The van der Waals surface area contributed by atoms with Crippen molar-refractivity contribution in [2.24, 2.45) is 0 Å². The summed E-state index contributed by atoms with van der Waals surface area (Å²) < 4.78 is 10.8. The Morgan fingerprint density at radius 3 is 2.70 bits per heavy atom. The second-order valence-corrected chi connectivity index (χ2v) is 6.48. The molecule has 0 bridgehead atoms. The maximum Gasteiger partial charge on any atom is 0.331 e. The number of rotatable bonds is 5. The number of hydrogen-bond donors (Lipinski definition) is 1. The average molecular weight is 400 g/mol. The summed E-state index contributed by atoms with van der Waals surface area (Å²) in [5.74, 6) is 1.73. The molecule has 7 heteroatoms. The first-order chi connectivity index (χ1) is 14.6. The highest BCUT2D eigenvalue weighted by molar-refractivity contribution is 6.31. The quantitative estimate of drug-likeness (QED) is 0.404. The highest BCUT2D eigenvalue weighted by Gasteiger charge is 2.36. The number of nitrogens with zero attached hydrogens (tertiary/aromatic N) is 1. The number of fused-ring (bicyclic) bond motifs is 1. The third-order valence-corrected chi connectivity index (χ3v) is 4.61. The topological polar surface area (TPSA) is 88.8 Å². The molecule has 4 rings (SSSR count). The Bertz CT molecular complexity index is 1220. The van der Waals surface area contributed by atoms with Crippen LogP contribution in [0.15, 0.2) is 64.8 Å². The van der Waals surface area contributed by atoms with Gasteiger partial charge in [0.15, 0.2) is 0 Å². The minimum atomic E-state index is -0.805. The van der Waals surface area contributed by atoms with Gasteiger partial charge >= 0.3 is 6.03 Å². The Hall–Kier alpha value is -4.31. The molecule has 30 heavy (non-hydrogen) atoms. The summed E-state index contributed by atoms with van der Waals surface area (Å²) >= 11 is 0. The standard InChI is InChI=1S/C23H16N2O5/c1-2-11-30-20-10-9-15-6-3-4-8-17(15)18(20)13-19-21(26)24-23(28)25(22(19)27)14-16-7-5-12-29-16/h1,3-10,12-13H,11,14H2,(H,24,26,28)/b19-13+. The average Bonchev–Trinajstić information content (AvgIpc) is 3.26. The first kappa shape index (κ1) is 19.0. The van der Waals surface area contributed by atoms with Crippen molar-refractivity contribution in [1.82, 2.24) is 10.2 Å². The monoisotopic (exact) mass is 400 g/mol. The van der Waals surface area contributed by atoms with Gasteiger partial charge in [0, 0.05) is 5.56 Å².